The summed E-state index contributed by atoms with van der Waals surface area (Å²) < 4.78 is 31.3. The monoisotopic (exact) mass is 667 g/mol. The van der Waals surface area contributed by atoms with E-state index in [9.17, 15) is 14.3 Å². The predicted octanol–water partition coefficient (Wildman–Crippen LogP) is 6.68. The summed E-state index contributed by atoms with van der Waals surface area (Å²) in [6.07, 6.45) is 1.48. The van der Waals surface area contributed by atoms with Gasteiger partial charge in [0.2, 0.25) is 5.16 Å². The van der Waals surface area contributed by atoms with Gasteiger partial charge in [0.25, 0.3) is 0 Å². The highest BCUT2D eigenvalue weighted by atomic mass is 127. The van der Waals surface area contributed by atoms with Crippen molar-refractivity contribution in [2.75, 3.05) is 14.2 Å². The molecule has 0 atom stereocenters. The second kappa shape index (κ2) is 12.5. The molecular weight excluding hydrogens is 648 g/mol. The zero-order chi connectivity index (χ0) is 27.2. The van der Waals surface area contributed by atoms with Gasteiger partial charge in [-0.25, -0.2) is 14.2 Å². The van der Waals surface area contributed by atoms with Gasteiger partial charge in [0.05, 0.1) is 23.4 Å². The molecule has 0 bridgehead atoms. The standard InChI is InChI=1S/C26H20ClFIN3O5S/c1-35-20-8-7-16(27)12-17(20)24-30-26(32-31-24)38-22(25(33)34)11-14-9-19(29)23(21(10-14)36-2)37-13-15-5-3-4-6-18(15)28/h3-12H,13H2,1-2H3,(H,33,34)(H,30,31,32)/b22-11-. The molecule has 1 aromatic heterocycles. The van der Waals surface area contributed by atoms with Crippen LogP contribution in [0.15, 0.2) is 64.7 Å². The molecule has 0 aliphatic heterocycles. The van der Waals surface area contributed by atoms with E-state index in [1.165, 1.54) is 26.4 Å². The van der Waals surface area contributed by atoms with Crippen LogP contribution < -0.4 is 14.2 Å². The van der Waals surface area contributed by atoms with E-state index in [-0.39, 0.29) is 22.5 Å². The Hall–Kier alpha value is -3.29. The fourth-order valence-corrected chi connectivity index (χ4v) is 5.05. The van der Waals surface area contributed by atoms with E-state index in [0.29, 0.717) is 48.4 Å². The van der Waals surface area contributed by atoms with E-state index >= 15 is 0 Å². The molecule has 3 aromatic carbocycles. The summed E-state index contributed by atoms with van der Waals surface area (Å²) in [6, 6.07) is 14.8. The number of carboxylic acid groups (broad SMARTS) is 1. The van der Waals surface area contributed by atoms with Gasteiger partial charge in [0.15, 0.2) is 17.3 Å². The van der Waals surface area contributed by atoms with Crippen molar-refractivity contribution >= 4 is 58.0 Å². The SMILES string of the molecule is COc1ccc(Cl)cc1-c1nc(S/C(=C\c2cc(I)c(OCc3ccccc3F)c(OC)c2)C(=O)O)n[nH]1. The van der Waals surface area contributed by atoms with E-state index in [2.05, 4.69) is 37.8 Å². The number of carbonyl (C=O) groups is 1. The van der Waals surface area contributed by atoms with E-state index in [1.807, 2.05) is 0 Å². The molecule has 0 aliphatic carbocycles. The number of nitrogens with one attached hydrogen (secondary N) is 1. The lowest BCUT2D eigenvalue weighted by atomic mass is 10.2. The molecule has 4 aromatic rings. The van der Waals surface area contributed by atoms with Crippen LogP contribution in [0, 0.1) is 9.39 Å². The van der Waals surface area contributed by atoms with Crippen LogP contribution in [0.2, 0.25) is 5.02 Å². The maximum absolute atomic E-state index is 14.0. The summed E-state index contributed by atoms with van der Waals surface area (Å²) in [4.78, 5) is 16.4. The van der Waals surface area contributed by atoms with Gasteiger partial charge in [-0.05, 0) is 82.4 Å². The number of rotatable bonds is 10. The minimum Gasteiger partial charge on any atom is -0.496 e. The number of hydrogen-bond donors (Lipinski definition) is 2. The van der Waals surface area contributed by atoms with E-state index in [4.69, 9.17) is 25.8 Å². The number of H-pyrrole nitrogens is 1. The van der Waals surface area contributed by atoms with Gasteiger partial charge in [-0.3, -0.25) is 5.10 Å². The smallest absolute Gasteiger partial charge is 0.342 e. The predicted molar refractivity (Wildman–Crippen MR) is 151 cm³/mol. The first-order valence-corrected chi connectivity index (χ1v) is 13.2. The molecule has 0 saturated carbocycles. The number of thioether (sulfide) groups is 1. The first-order valence-electron chi connectivity index (χ1n) is 10.9. The van der Waals surface area contributed by atoms with Crippen molar-refractivity contribution in [3.63, 3.8) is 0 Å². The summed E-state index contributed by atoms with van der Waals surface area (Å²) in [7, 11) is 3.00. The first-order chi connectivity index (χ1) is 18.3. The molecule has 8 nitrogen and oxygen atoms in total. The summed E-state index contributed by atoms with van der Waals surface area (Å²) in [5, 5.41) is 17.5. The summed E-state index contributed by atoms with van der Waals surface area (Å²) in [5.41, 5.74) is 1.55. The van der Waals surface area contributed by atoms with Crippen molar-refractivity contribution in [3.8, 4) is 28.6 Å². The van der Waals surface area contributed by atoms with Crippen LogP contribution in [0.1, 0.15) is 11.1 Å². The topological polar surface area (TPSA) is 107 Å². The molecule has 12 heteroatoms. The number of hydrogen-bond acceptors (Lipinski definition) is 7. The molecule has 2 N–H and O–H groups in total. The van der Waals surface area contributed by atoms with Gasteiger partial charge in [-0.15, -0.1) is 5.10 Å². The highest BCUT2D eigenvalue weighted by Crippen LogP contribution is 2.37. The Morgan fingerprint density at radius 2 is 1.92 bits per heavy atom. The first kappa shape index (κ1) is 27.7. The lowest BCUT2D eigenvalue weighted by Crippen LogP contribution is -2.02. The molecule has 0 spiro atoms. The Labute approximate surface area is 240 Å². The Bertz CT molecular complexity index is 1510. The van der Waals surface area contributed by atoms with Gasteiger partial charge < -0.3 is 19.3 Å². The number of halogens is 3. The molecule has 0 aliphatic rings. The maximum Gasteiger partial charge on any atom is 0.342 e. The number of methoxy groups -OCH3 is 2. The number of nitrogens with zero attached hydrogens (tertiary/aromatic N) is 2. The molecule has 4 rings (SSSR count). The minimum atomic E-state index is -1.16. The van der Waals surface area contributed by atoms with Crippen molar-refractivity contribution in [3.05, 3.63) is 85.0 Å². The maximum atomic E-state index is 14.0. The molecule has 0 amide bonds. The Kier molecular flexibility index (Phi) is 9.13. The average molecular weight is 668 g/mol. The van der Waals surface area contributed by atoms with E-state index in [1.54, 1.807) is 48.5 Å². The third-order valence-corrected chi connectivity index (χ3v) is 7.09. The van der Waals surface area contributed by atoms with Crippen LogP contribution in [-0.2, 0) is 11.4 Å². The fraction of sp³-hybridized carbons (Fsp3) is 0.115. The Morgan fingerprint density at radius 1 is 1.16 bits per heavy atom. The fourth-order valence-electron chi connectivity index (χ4n) is 3.39. The molecule has 1 heterocycles. The number of aliphatic carboxylic acids is 1. The third-order valence-electron chi connectivity index (χ3n) is 5.17. The molecule has 0 fully saturated rings. The number of benzene rings is 3. The van der Waals surface area contributed by atoms with Gasteiger partial charge in [0.1, 0.15) is 23.1 Å². The Morgan fingerprint density at radius 3 is 2.63 bits per heavy atom. The number of ether oxygens (including phenoxy) is 3. The van der Waals surface area contributed by atoms with Gasteiger partial charge in [0, 0.05) is 10.6 Å². The molecule has 0 unspecified atom stereocenters. The van der Waals surface area contributed by atoms with Gasteiger partial charge in [-0.2, -0.15) is 0 Å². The second-order valence-electron chi connectivity index (χ2n) is 7.64. The zero-order valence-corrected chi connectivity index (χ0v) is 23.7. The average Bonchev–Trinajstić information content (AvgIpc) is 3.36. The van der Waals surface area contributed by atoms with E-state index < -0.39 is 5.97 Å². The molecule has 196 valence electrons. The lowest BCUT2D eigenvalue weighted by molar-refractivity contribution is -0.131. The van der Waals surface area contributed by atoms with Crippen LogP contribution in [0.4, 0.5) is 4.39 Å². The second-order valence-corrected chi connectivity index (χ2v) is 10.2. The number of carboxylic acids is 1. The molecule has 0 saturated heterocycles. The van der Waals surface area contributed by atoms with Crippen molar-refractivity contribution in [2.45, 2.75) is 11.8 Å². The Balaban J connectivity index is 1.58. The van der Waals surface area contributed by atoms with Crippen LogP contribution in [0.5, 0.6) is 17.2 Å². The summed E-state index contributed by atoms with van der Waals surface area (Å²) >= 11 is 9.04. The highest BCUT2D eigenvalue weighted by Gasteiger charge is 2.18. The van der Waals surface area contributed by atoms with Crippen molar-refractivity contribution < 1.29 is 28.5 Å². The summed E-state index contributed by atoms with van der Waals surface area (Å²) in [5.74, 6) is 0.192. The quantitative estimate of drug-likeness (QED) is 0.110. The molecule has 0 radical (unpaired) electrons. The minimum absolute atomic E-state index is 0.00895. The largest absolute Gasteiger partial charge is 0.496 e. The zero-order valence-electron chi connectivity index (χ0n) is 20.0. The van der Waals surface area contributed by atoms with Crippen molar-refractivity contribution in [1.29, 1.82) is 0 Å². The normalized spacial score (nSPS) is 11.3. The third kappa shape index (κ3) is 6.58. The number of aromatic amines is 1. The lowest BCUT2D eigenvalue weighted by Gasteiger charge is -2.14. The van der Waals surface area contributed by atoms with Gasteiger partial charge in [-0.1, -0.05) is 29.8 Å². The number of aromatic nitrogens is 3. The van der Waals surface area contributed by atoms with Crippen molar-refractivity contribution in [1.82, 2.24) is 15.2 Å². The summed E-state index contributed by atoms with van der Waals surface area (Å²) in [6.45, 7) is 0.00895. The van der Waals surface area contributed by atoms with Gasteiger partial charge >= 0.3 is 5.97 Å². The molecular formula is C26H20ClFIN3O5S. The highest BCUT2D eigenvalue weighted by molar-refractivity contribution is 14.1. The van der Waals surface area contributed by atoms with Crippen LogP contribution >= 0.6 is 46.0 Å². The van der Waals surface area contributed by atoms with Crippen molar-refractivity contribution in [2.24, 2.45) is 0 Å². The van der Waals surface area contributed by atoms with E-state index in [0.717, 1.165) is 11.8 Å². The molecule has 38 heavy (non-hydrogen) atoms. The van der Waals surface area contributed by atoms with Crippen LogP contribution in [0.3, 0.4) is 0 Å². The van der Waals surface area contributed by atoms with Crippen LogP contribution in [0.25, 0.3) is 17.5 Å². The van der Waals surface area contributed by atoms with Crippen LogP contribution in [-0.4, -0.2) is 40.5 Å².